The van der Waals surface area contributed by atoms with E-state index in [1.165, 1.54) is 18.3 Å². The Bertz CT molecular complexity index is 379. The van der Waals surface area contributed by atoms with E-state index in [2.05, 4.69) is 11.6 Å². The van der Waals surface area contributed by atoms with Gasteiger partial charge in [-0.2, -0.15) is 0 Å². The van der Waals surface area contributed by atoms with Crippen LogP contribution in [-0.4, -0.2) is 40.9 Å². The summed E-state index contributed by atoms with van der Waals surface area (Å²) in [6.07, 6.45) is 3.11. The molecule has 0 aliphatic rings. The second-order valence-electron chi connectivity index (χ2n) is 3.17. The molecule has 86 valence electrons. The fourth-order valence-electron chi connectivity index (χ4n) is 1.30. The number of carboxylic acids is 1. The van der Waals surface area contributed by atoms with E-state index in [1.807, 2.05) is 0 Å². The summed E-state index contributed by atoms with van der Waals surface area (Å²) in [6, 6.07) is 2.90. The van der Waals surface area contributed by atoms with E-state index in [0.717, 1.165) is 0 Å². The van der Waals surface area contributed by atoms with Crippen molar-refractivity contribution in [3.8, 4) is 0 Å². The standard InChI is InChI=1S/C11H14N2O3/c1-2-5-13(6-7-14)10-8-9(11(15)16)3-4-12-10/h2-4,8,14H,1,5-7H2,(H,15,16). The summed E-state index contributed by atoms with van der Waals surface area (Å²) in [6.45, 7) is 4.48. The fourth-order valence-corrected chi connectivity index (χ4v) is 1.30. The molecule has 1 heterocycles. The van der Waals surface area contributed by atoms with E-state index in [0.29, 0.717) is 18.9 Å². The number of pyridine rings is 1. The average Bonchev–Trinajstić information content (AvgIpc) is 2.29. The van der Waals surface area contributed by atoms with Gasteiger partial charge in [0.2, 0.25) is 0 Å². The molecule has 0 aliphatic heterocycles. The van der Waals surface area contributed by atoms with Crippen LogP contribution in [0.5, 0.6) is 0 Å². The summed E-state index contributed by atoms with van der Waals surface area (Å²) in [5, 5.41) is 17.7. The third-order valence-electron chi connectivity index (χ3n) is 2.04. The van der Waals surface area contributed by atoms with Crippen LogP contribution in [0.1, 0.15) is 10.4 Å². The van der Waals surface area contributed by atoms with Gasteiger partial charge < -0.3 is 15.1 Å². The third-order valence-corrected chi connectivity index (χ3v) is 2.04. The van der Waals surface area contributed by atoms with E-state index in [1.54, 1.807) is 11.0 Å². The number of aliphatic hydroxyl groups excluding tert-OH is 1. The van der Waals surface area contributed by atoms with E-state index >= 15 is 0 Å². The van der Waals surface area contributed by atoms with E-state index in [9.17, 15) is 4.79 Å². The third kappa shape index (κ3) is 3.06. The molecule has 5 heteroatoms. The van der Waals surface area contributed by atoms with Crippen molar-refractivity contribution in [2.24, 2.45) is 0 Å². The molecule has 0 radical (unpaired) electrons. The Labute approximate surface area is 93.7 Å². The molecule has 0 unspecified atom stereocenters. The number of aromatic carboxylic acids is 1. The van der Waals surface area contributed by atoms with Gasteiger partial charge in [-0.25, -0.2) is 9.78 Å². The molecule has 0 bridgehead atoms. The highest BCUT2D eigenvalue weighted by Crippen LogP contribution is 2.12. The zero-order valence-corrected chi connectivity index (χ0v) is 8.83. The quantitative estimate of drug-likeness (QED) is 0.695. The normalized spacial score (nSPS) is 9.81. The monoisotopic (exact) mass is 222 g/mol. The maximum atomic E-state index is 10.8. The number of hydrogen-bond acceptors (Lipinski definition) is 4. The molecule has 0 aromatic carbocycles. The molecule has 5 nitrogen and oxygen atoms in total. The van der Waals surface area contributed by atoms with Crippen LogP contribution in [-0.2, 0) is 0 Å². The van der Waals surface area contributed by atoms with Crippen molar-refractivity contribution in [3.63, 3.8) is 0 Å². The smallest absolute Gasteiger partial charge is 0.335 e. The lowest BCUT2D eigenvalue weighted by Crippen LogP contribution is -2.27. The van der Waals surface area contributed by atoms with Crippen LogP contribution in [0.25, 0.3) is 0 Å². The summed E-state index contributed by atoms with van der Waals surface area (Å²) in [5.74, 6) is -0.472. The van der Waals surface area contributed by atoms with Crippen molar-refractivity contribution in [2.45, 2.75) is 0 Å². The van der Waals surface area contributed by atoms with Gasteiger partial charge in [0.1, 0.15) is 5.82 Å². The maximum Gasteiger partial charge on any atom is 0.335 e. The number of nitrogens with zero attached hydrogens (tertiary/aromatic N) is 2. The largest absolute Gasteiger partial charge is 0.478 e. The van der Waals surface area contributed by atoms with Crippen LogP contribution in [0, 0.1) is 0 Å². The van der Waals surface area contributed by atoms with Gasteiger partial charge in [0.25, 0.3) is 0 Å². The first kappa shape index (κ1) is 12.2. The molecular weight excluding hydrogens is 208 g/mol. The fraction of sp³-hybridized carbons (Fsp3) is 0.273. The van der Waals surface area contributed by atoms with Gasteiger partial charge in [0.15, 0.2) is 0 Å². The summed E-state index contributed by atoms with van der Waals surface area (Å²) >= 11 is 0. The van der Waals surface area contributed by atoms with E-state index < -0.39 is 5.97 Å². The van der Waals surface area contributed by atoms with Gasteiger partial charge in [0.05, 0.1) is 12.2 Å². The lowest BCUT2D eigenvalue weighted by molar-refractivity contribution is 0.0697. The van der Waals surface area contributed by atoms with Crippen LogP contribution >= 0.6 is 0 Å². The van der Waals surface area contributed by atoms with Gasteiger partial charge in [-0.05, 0) is 12.1 Å². The summed E-state index contributed by atoms with van der Waals surface area (Å²) in [5.41, 5.74) is 0.178. The number of carbonyl (C=O) groups is 1. The van der Waals surface area contributed by atoms with Crippen molar-refractivity contribution < 1.29 is 15.0 Å². The van der Waals surface area contributed by atoms with Crippen molar-refractivity contribution in [1.82, 2.24) is 4.98 Å². The SMILES string of the molecule is C=CCN(CCO)c1cc(C(=O)O)ccn1. The Hall–Kier alpha value is -1.88. The average molecular weight is 222 g/mol. The highest BCUT2D eigenvalue weighted by Gasteiger charge is 2.09. The minimum Gasteiger partial charge on any atom is -0.478 e. The number of aliphatic hydroxyl groups is 1. The van der Waals surface area contributed by atoms with Crippen LogP contribution in [0.3, 0.4) is 0 Å². The second kappa shape index (κ2) is 5.87. The molecule has 0 fully saturated rings. The first-order chi connectivity index (χ1) is 7.69. The Morgan fingerprint density at radius 2 is 2.38 bits per heavy atom. The van der Waals surface area contributed by atoms with Crippen molar-refractivity contribution in [3.05, 3.63) is 36.5 Å². The van der Waals surface area contributed by atoms with Crippen molar-refractivity contribution in [2.75, 3.05) is 24.6 Å². The van der Waals surface area contributed by atoms with E-state index in [-0.39, 0.29) is 12.2 Å². The number of carboxylic acid groups (broad SMARTS) is 1. The second-order valence-corrected chi connectivity index (χ2v) is 3.17. The molecule has 1 rings (SSSR count). The molecule has 0 saturated heterocycles. The predicted octanol–water partition coefficient (Wildman–Crippen LogP) is 0.764. The van der Waals surface area contributed by atoms with Crippen molar-refractivity contribution in [1.29, 1.82) is 0 Å². The number of anilines is 1. The number of hydrogen-bond donors (Lipinski definition) is 2. The molecule has 0 amide bonds. The molecule has 2 N–H and O–H groups in total. The molecule has 0 atom stereocenters. The number of aromatic nitrogens is 1. The minimum absolute atomic E-state index is 0.0210. The summed E-state index contributed by atoms with van der Waals surface area (Å²) in [4.78, 5) is 16.6. The van der Waals surface area contributed by atoms with Crippen LogP contribution in [0.15, 0.2) is 31.0 Å². The van der Waals surface area contributed by atoms with Crippen molar-refractivity contribution >= 4 is 11.8 Å². The lowest BCUT2D eigenvalue weighted by Gasteiger charge is -2.20. The highest BCUT2D eigenvalue weighted by molar-refractivity contribution is 5.88. The molecule has 16 heavy (non-hydrogen) atoms. The van der Waals surface area contributed by atoms with Gasteiger partial charge in [-0.15, -0.1) is 6.58 Å². The Kier molecular flexibility index (Phi) is 4.47. The van der Waals surface area contributed by atoms with Crippen LogP contribution < -0.4 is 4.90 Å². The minimum atomic E-state index is -0.994. The zero-order valence-electron chi connectivity index (χ0n) is 8.83. The molecule has 0 spiro atoms. The molecule has 0 saturated carbocycles. The van der Waals surface area contributed by atoms with Crippen LogP contribution in [0.2, 0.25) is 0 Å². The molecular formula is C11H14N2O3. The Morgan fingerprint density at radius 1 is 1.62 bits per heavy atom. The van der Waals surface area contributed by atoms with Gasteiger partial charge in [-0.1, -0.05) is 6.08 Å². The van der Waals surface area contributed by atoms with Crippen LogP contribution in [0.4, 0.5) is 5.82 Å². The summed E-state index contributed by atoms with van der Waals surface area (Å²) in [7, 11) is 0. The zero-order chi connectivity index (χ0) is 12.0. The first-order valence-electron chi connectivity index (χ1n) is 4.85. The van der Waals surface area contributed by atoms with Gasteiger partial charge >= 0.3 is 5.97 Å². The molecule has 1 aromatic heterocycles. The summed E-state index contributed by atoms with van der Waals surface area (Å²) < 4.78 is 0. The molecule has 1 aromatic rings. The van der Waals surface area contributed by atoms with E-state index in [4.69, 9.17) is 10.2 Å². The lowest BCUT2D eigenvalue weighted by atomic mass is 10.2. The van der Waals surface area contributed by atoms with Gasteiger partial charge in [-0.3, -0.25) is 0 Å². The number of rotatable bonds is 6. The first-order valence-corrected chi connectivity index (χ1v) is 4.85. The Balaban J connectivity index is 2.94. The topological polar surface area (TPSA) is 73.7 Å². The van der Waals surface area contributed by atoms with Gasteiger partial charge in [0, 0.05) is 19.3 Å². The molecule has 0 aliphatic carbocycles. The maximum absolute atomic E-state index is 10.8. The predicted molar refractivity (Wildman–Crippen MR) is 60.7 cm³/mol. The highest BCUT2D eigenvalue weighted by atomic mass is 16.4. The Morgan fingerprint density at radius 3 is 2.94 bits per heavy atom.